The molecule has 1 amide bonds. The van der Waals surface area contributed by atoms with Gasteiger partial charge in [0, 0.05) is 5.69 Å². The minimum Gasteiger partial charge on any atom is -0.508 e. The Morgan fingerprint density at radius 1 is 1.38 bits per heavy atom. The Morgan fingerprint density at radius 2 is 2.06 bits per heavy atom. The highest BCUT2D eigenvalue weighted by molar-refractivity contribution is 6.02. The third-order valence-corrected chi connectivity index (χ3v) is 2.07. The Labute approximate surface area is 92.2 Å². The highest BCUT2D eigenvalue weighted by Crippen LogP contribution is 2.14. The molecule has 3 N–H and O–H groups in total. The van der Waals surface area contributed by atoms with Gasteiger partial charge in [-0.05, 0) is 31.2 Å². The predicted molar refractivity (Wildman–Crippen MR) is 59.4 cm³/mol. The molecule has 0 atom stereocenters. The van der Waals surface area contributed by atoms with Gasteiger partial charge < -0.3 is 15.4 Å². The highest BCUT2D eigenvalue weighted by atomic mass is 16.3. The summed E-state index contributed by atoms with van der Waals surface area (Å²) in [5.74, 6) is 0.595. The molecule has 0 bridgehead atoms. The summed E-state index contributed by atoms with van der Waals surface area (Å²) in [6.45, 7) is 1.78. The lowest BCUT2D eigenvalue weighted by Crippen LogP contribution is -2.12. The van der Waals surface area contributed by atoms with Gasteiger partial charge in [-0.2, -0.15) is 0 Å². The molecule has 0 aliphatic rings. The second-order valence-electron chi connectivity index (χ2n) is 3.38. The Morgan fingerprint density at radius 3 is 2.62 bits per heavy atom. The van der Waals surface area contributed by atoms with Crippen LogP contribution in [0.5, 0.6) is 5.75 Å². The molecular formula is C11H11N3O2. The van der Waals surface area contributed by atoms with Crippen molar-refractivity contribution in [3.8, 4) is 5.75 Å². The lowest BCUT2D eigenvalue weighted by Gasteiger charge is -2.02. The van der Waals surface area contributed by atoms with E-state index in [-0.39, 0.29) is 11.7 Å². The van der Waals surface area contributed by atoms with Gasteiger partial charge in [0.1, 0.15) is 17.3 Å². The summed E-state index contributed by atoms with van der Waals surface area (Å²) in [5.41, 5.74) is 1.03. The number of rotatable bonds is 2. The average Bonchev–Trinajstić information content (AvgIpc) is 2.68. The number of H-pyrrole nitrogens is 1. The number of carbonyl (C=O) groups is 1. The standard InChI is InChI=1S/C11H11N3O2/c1-7-12-6-10(13-7)11(16)14-8-2-4-9(15)5-3-8/h2-6,15H,1H3,(H,12,13)(H,14,16). The number of benzene rings is 1. The Bertz CT molecular complexity index is 502. The SMILES string of the molecule is Cc1ncc(C(=O)Nc2ccc(O)cc2)[nH]1. The number of aromatic nitrogens is 2. The first kappa shape index (κ1) is 10.2. The van der Waals surface area contributed by atoms with E-state index in [4.69, 9.17) is 5.11 Å². The van der Waals surface area contributed by atoms with Crippen LogP contribution in [0.1, 0.15) is 16.3 Å². The number of anilines is 1. The molecule has 0 unspecified atom stereocenters. The zero-order valence-corrected chi connectivity index (χ0v) is 8.69. The van der Waals surface area contributed by atoms with E-state index in [1.807, 2.05) is 0 Å². The smallest absolute Gasteiger partial charge is 0.273 e. The molecule has 1 aromatic carbocycles. The number of nitrogens with one attached hydrogen (secondary N) is 2. The molecule has 0 aliphatic heterocycles. The Hall–Kier alpha value is -2.30. The molecule has 0 saturated heterocycles. The number of aromatic hydroxyl groups is 1. The maximum absolute atomic E-state index is 11.7. The van der Waals surface area contributed by atoms with Crippen LogP contribution < -0.4 is 5.32 Å². The van der Waals surface area contributed by atoms with Crippen LogP contribution in [0.25, 0.3) is 0 Å². The molecular weight excluding hydrogens is 206 g/mol. The Kier molecular flexibility index (Phi) is 2.59. The molecule has 0 radical (unpaired) electrons. The first-order valence-electron chi connectivity index (χ1n) is 4.77. The lowest BCUT2D eigenvalue weighted by molar-refractivity contribution is 0.102. The fraction of sp³-hybridized carbons (Fsp3) is 0.0909. The minimum atomic E-state index is -0.258. The number of aryl methyl sites for hydroxylation is 1. The summed E-state index contributed by atoms with van der Waals surface area (Å²) in [5, 5.41) is 11.8. The van der Waals surface area contributed by atoms with E-state index in [1.54, 1.807) is 19.1 Å². The van der Waals surface area contributed by atoms with Crippen LogP contribution in [0.2, 0.25) is 0 Å². The molecule has 5 nitrogen and oxygen atoms in total. The number of imidazole rings is 1. The van der Waals surface area contributed by atoms with Crippen molar-refractivity contribution in [2.75, 3.05) is 5.32 Å². The zero-order chi connectivity index (χ0) is 11.5. The molecule has 2 aromatic rings. The van der Waals surface area contributed by atoms with Gasteiger partial charge in [0.25, 0.3) is 5.91 Å². The normalized spacial score (nSPS) is 10.1. The molecule has 5 heteroatoms. The van der Waals surface area contributed by atoms with E-state index in [9.17, 15) is 4.79 Å². The van der Waals surface area contributed by atoms with Crippen LogP contribution in [0, 0.1) is 6.92 Å². The summed E-state index contributed by atoms with van der Waals surface area (Å²) in [6, 6.07) is 6.26. The van der Waals surface area contributed by atoms with Crippen molar-refractivity contribution in [1.29, 1.82) is 0 Å². The van der Waals surface area contributed by atoms with Crippen molar-refractivity contribution >= 4 is 11.6 Å². The molecule has 0 spiro atoms. The highest BCUT2D eigenvalue weighted by Gasteiger charge is 2.07. The fourth-order valence-corrected chi connectivity index (χ4v) is 1.28. The number of aromatic amines is 1. The van der Waals surface area contributed by atoms with Crippen molar-refractivity contribution in [2.45, 2.75) is 6.92 Å². The van der Waals surface area contributed by atoms with E-state index < -0.39 is 0 Å². The molecule has 0 fully saturated rings. The van der Waals surface area contributed by atoms with E-state index in [2.05, 4.69) is 15.3 Å². The van der Waals surface area contributed by atoms with E-state index >= 15 is 0 Å². The summed E-state index contributed by atoms with van der Waals surface area (Å²) >= 11 is 0. The molecule has 82 valence electrons. The van der Waals surface area contributed by atoms with Gasteiger partial charge >= 0.3 is 0 Å². The first-order chi connectivity index (χ1) is 7.65. The number of phenols is 1. The summed E-state index contributed by atoms with van der Waals surface area (Å²) < 4.78 is 0. The van der Waals surface area contributed by atoms with Crippen LogP contribution in [-0.2, 0) is 0 Å². The number of amides is 1. The lowest BCUT2D eigenvalue weighted by atomic mass is 10.3. The van der Waals surface area contributed by atoms with Gasteiger partial charge in [-0.15, -0.1) is 0 Å². The minimum absolute atomic E-state index is 0.162. The maximum atomic E-state index is 11.7. The molecule has 0 saturated carbocycles. The second kappa shape index (κ2) is 4.06. The van der Waals surface area contributed by atoms with Crippen molar-refractivity contribution in [1.82, 2.24) is 9.97 Å². The van der Waals surface area contributed by atoms with Crippen molar-refractivity contribution in [3.63, 3.8) is 0 Å². The molecule has 2 rings (SSSR count). The van der Waals surface area contributed by atoms with E-state index in [1.165, 1.54) is 18.3 Å². The van der Waals surface area contributed by atoms with Gasteiger partial charge in [0.2, 0.25) is 0 Å². The van der Waals surface area contributed by atoms with Crippen molar-refractivity contribution < 1.29 is 9.90 Å². The van der Waals surface area contributed by atoms with Crippen LogP contribution in [-0.4, -0.2) is 21.0 Å². The van der Waals surface area contributed by atoms with Gasteiger partial charge in [0.05, 0.1) is 6.20 Å². The van der Waals surface area contributed by atoms with Gasteiger partial charge in [0.15, 0.2) is 0 Å². The largest absolute Gasteiger partial charge is 0.508 e. The fourth-order valence-electron chi connectivity index (χ4n) is 1.28. The van der Waals surface area contributed by atoms with E-state index in [0.717, 1.165) is 0 Å². The van der Waals surface area contributed by atoms with Crippen LogP contribution in [0.3, 0.4) is 0 Å². The molecule has 0 aliphatic carbocycles. The summed E-state index contributed by atoms with van der Waals surface area (Å²) in [6.07, 6.45) is 1.48. The van der Waals surface area contributed by atoms with Crippen molar-refractivity contribution in [3.05, 3.63) is 42.0 Å². The quantitative estimate of drug-likeness (QED) is 0.669. The van der Waals surface area contributed by atoms with Crippen molar-refractivity contribution in [2.24, 2.45) is 0 Å². The summed E-state index contributed by atoms with van der Waals surface area (Å²) in [4.78, 5) is 18.4. The zero-order valence-electron chi connectivity index (χ0n) is 8.69. The van der Waals surface area contributed by atoms with Crippen LogP contribution >= 0.6 is 0 Å². The van der Waals surface area contributed by atoms with Crippen LogP contribution in [0.15, 0.2) is 30.5 Å². The molecule has 16 heavy (non-hydrogen) atoms. The summed E-state index contributed by atoms with van der Waals surface area (Å²) in [7, 11) is 0. The third-order valence-electron chi connectivity index (χ3n) is 2.07. The maximum Gasteiger partial charge on any atom is 0.273 e. The third kappa shape index (κ3) is 2.20. The topological polar surface area (TPSA) is 78.0 Å². The molecule has 1 aromatic heterocycles. The first-order valence-corrected chi connectivity index (χ1v) is 4.77. The number of carbonyl (C=O) groups excluding carboxylic acids is 1. The van der Waals surface area contributed by atoms with Crippen LogP contribution in [0.4, 0.5) is 5.69 Å². The molecule has 1 heterocycles. The van der Waals surface area contributed by atoms with Gasteiger partial charge in [-0.3, -0.25) is 4.79 Å². The van der Waals surface area contributed by atoms with Gasteiger partial charge in [-0.1, -0.05) is 0 Å². The monoisotopic (exact) mass is 217 g/mol. The number of hydrogen-bond donors (Lipinski definition) is 3. The van der Waals surface area contributed by atoms with E-state index in [0.29, 0.717) is 17.2 Å². The number of hydrogen-bond acceptors (Lipinski definition) is 3. The predicted octanol–water partition coefficient (Wildman–Crippen LogP) is 1.68. The number of nitrogens with zero attached hydrogens (tertiary/aromatic N) is 1. The van der Waals surface area contributed by atoms with Gasteiger partial charge in [-0.25, -0.2) is 4.98 Å². The average molecular weight is 217 g/mol. The Balaban J connectivity index is 2.10. The number of phenolic OH excluding ortho intramolecular Hbond substituents is 1. The second-order valence-corrected chi connectivity index (χ2v) is 3.38.